The summed E-state index contributed by atoms with van der Waals surface area (Å²) >= 11 is 0. The van der Waals surface area contributed by atoms with Crippen molar-refractivity contribution < 1.29 is 9.53 Å². The topological polar surface area (TPSA) is 45.7 Å². The molecule has 1 aromatic heterocycles. The van der Waals surface area contributed by atoms with Crippen LogP contribution in [0.25, 0.3) is 0 Å². The number of hydrogen-bond acceptors (Lipinski definition) is 5. The molecule has 0 radical (unpaired) electrons. The van der Waals surface area contributed by atoms with Crippen LogP contribution in [0.2, 0.25) is 0 Å². The number of piperazine rings is 1. The van der Waals surface area contributed by atoms with Gasteiger partial charge in [-0.1, -0.05) is 26.7 Å². The lowest BCUT2D eigenvalue weighted by Crippen LogP contribution is -2.47. The van der Waals surface area contributed by atoms with Crippen molar-refractivity contribution in [3.63, 3.8) is 0 Å². The zero-order chi connectivity index (χ0) is 20.2. The lowest BCUT2D eigenvalue weighted by Gasteiger charge is -2.37. The first-order valence-corrected chi connectivity index (χ1v) is 11.7. The maximum Gasteiger partial charge on any atom is 0.135 e. The molecule has 3 heterocycles. The number of ether oxygens (including phenoxy) is 1. The molecule has 0 N–H and O–H groups in total. The second-order valence-corrected chi connectivity index (χ2v) is 9.54. The maximum absolute atomic E-state index is 12.0. The predicted octanol–water partition coefficient (Wildman–Crippen LogP) is 3.95. The van der Waals surface area contributed by atoms with Crippen LogP contribution in [-0.4, -0.2) is 55.0 Å². The van der Waals surface area contributed by atoms with E-state index in [0.29, 0.717) is 11.7 Å². The van der Waals surface area contributed by atoms with Gasteiger partial charge in [0.15, 0.2) is 0 Å². The number of Topliss-reactive ketones (excluding diaryl/α,β-unsaturated/α-hetero) is 1. The van der Waals surface area contributed by atoms with Gasteiger partial charge in [-0.05, 0) is 43.7 Å². The van der Waals surface area contributed by atoms with Crippen LogP contribution in [0.3, 0.4) is 0 Å². The van der Waals surface area contributed by atoms with Crippen LogP contribution in [0, 0.1) is 17.8 Å². The zero-order valence-electron chi connectivity index (χ0n) is 18.2. The van der Waals surface area contributed by atoms with Gasteiger partial charge in [0.05, 0.1) is 6.61 Å². The molecule has 1 saturated heterocycles. The number of nitrogens with zero attached hydrogens (tertiary/aromatic N) is 3. The van der Waals surface area contributed by atoms with Crippen molar-refractivity contribution >= 4 is 11.6 Å². The number of carbonyl (C=O) groups is 1. The summed E-state index contributed by atoms with van der Waals surface area (Å²) in [7, 11) is 0. The Morgan fingerprint density at radius 3 is 2.59 bits per heavy atom. The van der Waals surface area contributed by atoms with Gasteiger partial charge in [-0.2, -0.15) is 0 Å². The Kier molecular flexibility index (Phi) is 6.74. The molecule has 0 atom stereocenters. The minimum atomic E-state index is 0.200. The number of pyridine rings is 1. The Morgan fingerprint density at radius 2 is 1.86 bits per heavy atom. The van der Waals surface area contributed by atoms with Crippen molar-refractivity contribution in [3.8, 4) is 5.75 Å². The Hall–Kier alpha value is -1.62. The SMILES string of the molecule is CC(C)C(=O)CC1CCC(CCN2CCN(c3nccc4c3CCO4)CC2)CC1. The van der Waals surface area contributed by atoms with Crippen LogP contribution in [0.15, 0.2) is 12.3 Å². The molecule has 0 bridgehead atoms. The van der Waals surface area contributed by atoms with Crippen LogP contribution in [0.1, 0.15) is 57.9 Å². The van der Waals surface area contributed by atoms with E-state index in [1.165, 1.54) is 44.2 Å². The predicted molar refractivity (Wildman–Crippen MR) is 117 cm³/mol. The van der Waals surface area contributed by atoms with Crippen LogP contribution in [0.5, 0.6) is 5.75 Å². The number of anilines is 1. The molecular weight excluding hydrogens is 362 g/mol. The van der Waals surface area contributed by atoms with Crippen molar-refractivity contribution in [1.82, 2.24) is 9.88 Å². The van der Waals surface area contributed by atoms with Crippen LogP contribution >= 0.6 is 0 Å². The minimum Gasteiger partial charge on any atom is -0.493 e. The van der Waals surface area contributed by atoms with Crippen molar-refractivity contribution in [1.29, 1.82) is 0 Å². The molecule has 0 spiro atoms. The van der Waals surface area contributed by atoms with Crippen molar-refractivity contribution in [2.45, 2.75) is 58.8 Å². The molecule has 1 aromatic rings. The summed E-state index contributed by atoms with van der Waals surface area (Å²) in [6.07, 6.45) is 10.1. The summed E-state index contributed by atoms with van der Waals surface area (Å²) in [6.45, 7) is 10.5. The largest absolute Gasteiger partial charge is 0.493 e. The molecule has 0 amide bonds. The molecule has 0 aromatic carbocycles. The molecule has 3 aliphatic rings. The Bertz CT molecular complexity index is 689. The van der Waals surface area contributed by atoms with E-state index in [-0.39, 0.29) is 5.92 Å². The zero-order valence-corrected chi connectivity index (χ0v) is 18.2. The van der Waals surface area contributed by atoms with Gasteiger partial charge in [0.1, 0.15) is 17.4 Å². The summed E-state index contributed by atoms with van der Waals surface area (Å²) in [5.74, 6) is 4.34. The lowest BCUT2D eigenvalue weighted by molar-refractivity contribution is -0.123. The quantitative estimate of drug-likeness (QED) is 0.695. The highest BCUT2D eigenvalue weighted by atomic mass is 16.5. The molecule has 1 aliphatic carbocycles. The average Bonchev–Trinajstić information content (AvgIpc) is 3.22. The molecule has 29 heavy (non-hydrogen) atoms. The van der Waals surface area contributed by atoms with E-state index in [9.17, 15) is 4.79 Å². The molecular formula is C24H37N3O2. The molecule has 5 heteroatoms. The first-order chi connectivity index (χ1) is 14.1. The van der Waals surface area contributed by atoms with Crippen molar-refractivity contribution in [2.24, 2.45) is 17.8 Å². The fraction of sp³-hybridized carbons (Fsp3) is 0.750. The normalized spacial score (nSPS) is 25.1. The minimum absolute atomic E-state index is 0.200. The first kappa shape index (κ1) is 20.6. The molecule has 5 nitrogen and oxygen atoms in total. The third-order valence-electron chi connectivity index (χ3n) is 7.23. The molecule has 2 aliphatic heterocycles. The van der Waals surface area contributed by atoms with Gasteiger partial charge in [0.2, 0.25) is 0 Å². The summed E-state index contributed by atoms with van der Waals surface area (Å²) in [5, 5.41) is 0. The Balaban J connectivity index is 1.17. The van der Waals surface area contributed by atoms with Crippen LogP contribution in [0.4, 0.5) is 5.82 Å². The highest BCUT2D eigenvalue weighted by molar-refractivity contribution is 5.80. The van der Waals surface area contributed by atoms with E-state index in [4.69, 9.17) is 4.74 Å². The van der Waals surface area contributed by atoms with E-state index in [1.54, 1.807) is 0 Å². The van der Waals surface area contributed by atoms with Gasteiger partial charge in [0.25, 0.3) is 0 Å². The number of rotatable bonds is 7. The van der Waals surface area contributed by atoms with E-state index in [0.717, 1.165) is 63.1 Å². The number of hydrogen-bond donors (Lipinski definition) is 0. The van der Waals surface area contributed by atoms with Gasteiger partial charge < -0.3 is 9.64 Å². The van der Waals surface area contributed by atoms with E-state index < -0.39 is 0 Å². The number of fused-ring (bicyclic) bond motifs is 1. The third-order valence-corrected chi connectivity index (χ3v) is 7.23. The molecule has 0 unspecified atom stereocenters. The molecule has 2 fully saturated rings. The van der Waals surface area contributed by atoms with Gasteiger partial charge in [0, 0.05) is 56.7 Å². The maximum atomic E-state index is 12.0. The second-order valence-electron chi connectivity index (χ2n) is 9.54. The van der Waals surface area contributed by atoms with E-state index >= 15 is 0 Å². The standard InChI is InChI=1S/C24H37N3O2/c1-18(2)22(28)17-20-5-3-19(4-6-20)8-11-26-12-14-27(15-13-26)24-21-9-16-29-23(21)7-10-25-24/h7,10,18-20H,3-6,8-9,11-17H2,1-2H3. The fourth-order valence-electron chi connectivity index (χ4n) is 5.16. The van der Waals surface area contributed by atoms with Crippen molar-refractivity contribution in [3.05, 3.63) is 17.8 Å². The summed E-state index contributed by atoms with van der Waals surface area (Å²) in [5.41, 5.74) is 1.30. The fourth-order valence-corrected chi connectivity index (χ4v) is 5.16. The number of ketones is 1. The average molecular weight is 400 g/mol. The highest BCUT2D eigenvalue weighted by Crippen LogP contribution is 2.34. The third kappa shape index (κ3) is 5.11. The van der Waals surface area contributed by atoms with Gasteiger partial charge in [-0.3, -0.25) is 9.69 Å². The molecule has 160 valence electrons. The van der Waals surface area contributed by atoms with Gasteiger partial charge >= 0.3 is 0 Å². The summed E-state index contributed by atoms with van der Waals surface area (Å²) in [6, 6.07) is 2.00. The second kappa shape index (κ2) is 9.46. The van der Waals surface area contributed by atoms with Gasteiger partial charge in [-0.25, -0.2) is 4.98 Å². The molecule has 4 rings (SSSR count). The molecule has 1 saturated carbocycles. The monoisotopic (exact) mass is 399 g/mol. The van der Waals surface area contributed by atoms with Crippen LogP contribution < -0.4 is 9.64 Å². The van der Waals surface area contributed by atoms with Crippen molar-refractivity contribution in [2.75, 3.05) is 44.2 Å². The lowest BCUT2D eigenvalue weighted by atomic mass is 9.78. The number of carbonyl (C=O) groups excluding carboxylic acids is 1. The van der Waals surface area contributed by atoms with E-state index in [2.05, 4.69) is 14.8 Å². The summed E-state index contributed by atoms with van der Waals surface area (Å²) < 4.78 is 5.70. The highest BCUT2D eigenvalue weighted by Gasteiger charge is 2.26. The van der Waals surface area contributed by atoms with Crippen LogP contribution in [-0.2, 0) is 11.2 Å². The van der Waals surface area contributed by atoms with Gasteiger partial charge in [-0.15, -0.1) is 0 Å². The Labute approximate surface area is 175 Å². The smallest absolute Gasteiger partial charge is 0.135 e. The first-order valence-electron chi connectivity index (χ1n) is 11.7. The summed E-state index contributed by atoms with van der Waals surface area (Å²) in [4.78, 5) is 21.7. The Morgan fingerprint density at radius 1 is 1.14 bits per heavy atom. The van der Waals surface area contributed by atoms with E-state index in [1.807, 2.05) is 26.1 Å². The number of aromatic nitrogens is 1.